The van der Waals surface area contributed by atoms with Gasteiger partial charge in [-0.1, -0.05) is 23.2 Å². The number of thioether (sulfide) groups is 1. The maximum atomic E-state index is 12.3. The number of likely N-dealkylation sites (tertiary alicyclic amines) is 1. The van der Waals surface area contributed by atoms with E-state index in [9.17, 15) is 9.90 Å². The van der Waals surface area contributed by atoms with Crippen molar-refractivity contribution in [2.45, 2.75) is 30.2 Å². The van der Waals surface area contributed by atoms with Crippen molar-refractivity contribution in [1.82, 2.24) is 4.90 Å². The summed E-state index contributed by atoms with van der Waals surface area (Å²) in [6.07, 6.45) is 2.96. The van der Waals surface area contributed by atoms with Crippen LogP contribution in [0.5, 0.6) is 0 Å². The lowest BCUT2D eigenvalue weighted by molar-refractivity contribution is -0.132. The molecule has 0 aliphatic carbocycles. The van der Waals surface area contributed by atoms with Crippen LogP contribution in [-0.4, -0.2) is 40.9 Å². The number of aliphatic hydroxyl groups is 1. The largest absolute Gasteiger partial charge is 0.394 e. The minimum absolute atomic E-state index is 0.0355. The SMILES string of the molecule is O=C(CSc1cc(Cl)ccc1Cl)N1CCCCC1CO. The first kappa shape index (κ1) is 16.0. The summed E-state index contributed by atoms with van der Waals surface area (Å²) in [5.41, 5.74) is 0. The maximum absolute atomic E-state index is 12.3. The van der Waals surface area contributed by atoms with Gasteiger partial charge in [0.05, 0.1) is 23.4 Å². The van der Waals surface area contributed by atoms with Crippen molar-refractivity contribution in [2.75, 3.05) is 18.9 Å². The Morgan fingerprint density at radius 3 is 2.95 bits per heavy atom. The zero-order chi connectivity index (χ0) is 14.5. The van der Waals surface area contributed by atoms with Crippen LogP contribution in [-0.2, 0) is 4.79 Å². The second kappa shape index (κ2) is 7.55. The Bertz CT molecular complexity index is 484. The smallest absolute Gasteiger partial charge is 0.233 e. The third-order valence-corrected chi connectivity index (χ3v) is 5.12. The van der Waals surface area contributed by atoms with E-state index in [1.54, 1.807) is 23.1 Å². The van der Waals surface area contributed by atoms with Crippen molar-refractivity contribution in [3.8, 4) is 0 Å². The molecule has 6 heteroatoms. The molecule has 1 unspecified atom stereocenters. The molecule has 1 aliphatic heterocycles. The van der Waals surface area contributed by atoms with E-state index >= 15 is 0 Å². The van der Waals surface area contributed by atoms with E-state index in [1.165, 1.54) is 11.8 Å². The van der Waals surface area contributed by atoms with Crippen LogP contribution >= 0.6 is 35.0 Å². The number of carbonyl (C=O) groups is 1. The van der Waals surface area contributed by atoms with Gasteiger partial charge in [0, 0.05) is 16.5 Å². The van der Waals surface area contributed by atoms with Crippen molar-refractivity contribution >= 4 is 40.9 Å². The van der Waals surface area contributed by atoms with Crippen molar-refractivity contribution in [2.24, 2.45) is 0 Å². The quantitative estimate of drug-likeness (QED) is 0.858. The molecule has 1 saturated heterocycles. The highest BCUT2D eigenvalue weighted by Gasteiger charge is 2.25. The van der Waals surface area contributed by atoms with Crippen LogP contribution in [0.3, 0.4) is 0 Å². The molecule has 1 amide bonds. The number of amides is 1. The Kier molecular flexibility index (Phi) is 6.02. The van der Waals surface area contributed by atoms with Crippen molar-refractivity contribution in [3.05, 3.63) is 28.2 Å². The Morgan fingerprint density at radius 1 is 1.40 bits per heavy atom. The molecule has 1 aromatic carbocycles. The standard InChI is InChI=1S/C14H17Cl2NO2S/c15-10-4-5-12(16)13(7-10)20-9-14(19)17-6-2-1-3-11(17)8-18/h4-5,7,11,18H,1-3,6,8-9H2. The summed E-state index contributed by atoms with van der Waals surface area (Å²) in [4.78, 5) is 14.9. The first-order chi connectivity index (χ1) is 9.61. The number of benzene rings is 1. The van der Waals surface area contributed by atoms with Crippen LogP contribution < -0.4 is 0 Å². The predicted molar refractivity (Wildman–Crippen MR) is 83.6 cm³/mol. The predicted octanol–water partition coefficient (Wildman–Crippen LogP) is 3.46. The highest BCUT2D eigenvalue weighted by atomic mass is 35.5. The lowest BCUT2D eigenvalue weighted by Crippen LogP contribution is -2.46. The topological polar surface area (TPSA) is 40.5 Å². The van der Waals surface area contributed by atoms with E-state index in [2.05, 4.69) is 0 Å². The highest BCUT2D eigenvalue weighted by molar-refractivity contribution is 8.00. The second-order valence-electron chi connectivity index (χ2n) is 4.78. The van der Waals surface area contributed by atoms with Crippen LogP contribution in [0, 0.1) is 0 Å². The number of aliphatic hydroxyl groups excluding tert-OH is 1. The van der Waals surface area contributed by atoms with Gasteiger partial charge in [0.15, 0.2) is 0 Å². The number of nitrogens with zero attached hydrogens (tertiary/aromatic N) is 1. The molecule has 1 atom stereocenters. The number of rotatable bonds is 4. The molecular weight excluding hydrogens is 317 g/mol. The summed E-state index contributed by atoms with van der Waals surface area (Å²) in [6, 6.07) is 5.18. The van der Waals surface area contributed by atoms with Crippen LogP contribution in [0.2, 0.25) is 10.0 Å². The fraction of sp³-hybridized carbons (Fsp3) is 0.500. The Hall–Kier alpha value is -0.420. The first-order valence-electron chi connectivity index (χ1n) is 6.60. The number of hydrogen-bond acceptors (Lipinski definition) is 3. The summed E-state index contributed by atoms with van der Waals surface area (Å²) in [5.74, 6) is 0.362. The van der Waals surface area contributed by atoms with Gasteiger partial charge in [-0.3, -0.25) is 4.79 Å². The van der Waals surface area contributed by atoms with E-state index in [4.69, 9.17) is 23.2 Å². The highest BCUT2D eigenvalue weighted by Crippen LogP contribution is 2.30. The average molecular weight is 334 g/mol. The fourth-order valence-electron chi connectivity index (χ4n) is 2.33. The molecule has 0 saturated carbocycles. The van der Waals surface area contributed by atoms with Gasteiger partial charge in [-0.2, -0.15) is 0 Å². The molecule has 0 radical (unpaired) electrons. The molecule has 2 rings (SSSR count). The normalized spacial score (nSPS) is 19.1. The molecule has 1 heterocycles. The number of hydrogen-bond donors (Lipinski definition) is 1. The lowest BCUT2D eigenvalue weighted by atomic mass is 10.0. The van der Waals surface area contributed by atoms with Gasteiger partial charge in [0.2, 0.25) is 5.91 Å². The molecule has 0 bridgehead atoms. The van der Waals surface area contributed by atoms with Crippen LogP contribution in [0.15, 0.2) is 23.1 Å². The third kappa shape index (κ3) is 4.04. The number of carbonyl (C=O) groups excluding carboxylic acids is 1. The zero-order valence-corrected chi connectivity index (χ0v) is 13.3. The maximum Gasteiger partial charge on any atom is 0.233 e. The van der Waals surface area contributed by atoms with Gasteiger partial charge in [0.1, 0.15) is 0 Å². The molecule has 1 aromatic rings. The molecule has 20 heavy (non-hydrogen) atoms. The van der Waals surface area contributed by atoms with Crippen LogP contribution in [0.1, 0.15) is 19.3 Å². The van der Waals surface area contributed by atoms with E-state index in [1.807, 2.05) is 0 Å². The molecule has 110 valence electrons. The van der Waals surface area contributed by atoms with Crippen molar-refractivity contribution < 1.29 is 9.90 Å². The van der Waals surface area contributed by atoms with Crippen molar-refractivity contribution in [3.63, 3.8) is 0 Å². The minimum atomic E-state index is -0.0355. The molecule has 1 N–H and O–H groups in total. The molecule has 1 fully saturated rings. The molecule has 3 nitrogen and oxygen atoms in total. The second-order valence-corrected chi connectivity index (χ2v) is 6.64. The van der Waals surface area contributed by atoms with E-state index in [-0.39, 0.29) is 18.6 Å². The lowest BCUT2D eigenvalue weighted by Gasteiger charge is -2.34. The van der Waals surface area contributed by atoms with Crippen molar-refractivity contribution in [1.29, 1.82) is 0 Å². The van der Waals surface area contributed by atoms with Gasteiger partial charge in [0.25, 0.3) is 0 Å². The van der Waals surface area contributed by atoms with E-state index in [0.717, 1.165) is 30.7 Å². The third-order valence-electron chi connectivity index (χ3n) is 3.40. The van der Waals surface area contributed by atoms with Crippen LogP contribution in [0.25, 0.3) is 0 Å². The van der Waals surface area contributed by atoms with Gasteiger partial charge >= 0.3 is 0 Å². The van der Waals surface area contributed by atoms with E-state index < -0.39 is 0 Å². The fourth-order valence-corrected chi connectivity index (χ4v) is 3.71. The molecule has 0 spiro atoms. The van der Waals surface area contributed by atoms with Gasteiger partial charge in [-0.15, -0.1) is 11.8 Å². The summed E-state index contributed by atoms with van der Waals surface area (Å²) in [6.45, 7) is 0.766. The average Bonchev–Trinajstić information content (AvgIpc) is 2.47. The molecule has 0 aromatic heterocycles. The van der Waals surface area contributed by atoms with E-state index in [0.29, 0.717) is 15.8 Å². The Morgan fingerprint density at radius 2 is 2.20 bits per heavy atom. The summed E-state index contributed by atoms with van der Waals surface area (Å²) < 4.78 is 0. The van der Waals surface area contributed by atoms with Crippen LogP contribution in [0.4, 0.5) is 0 Å². The van der Waals surface area contributed by atoms with Gasteiger partial charge < -0.3 is 10.0 Å². The zero-order valence-electron chi connectivity index (χ0n) is 11.0. The molecular formula is C14H17Cl2NO2S. The Labute approximate surface area is 133 Å². The first-order valence-corrected chi connectivity index (χ1v) is 8.34. The monoisotopic (exact) mass is 333 g/mol. The van der Waals surface area contributed by atoms with Gasteiger partial charge in [-0.25, -0.2) is 0 Å². The summed E-state index contributed by atoms with van der Waals surface area (Å²) >= 11 is 13.4. The van der Waals surface area contributed by atoms with Gasteiger partial charge in [-0.05, 0) is 37.5 Å². The Balaban J connectivity index is 1.95. The summed E-state index contributed by atoms with van der Waals surface area (Å²) in [5, 5.41) is 10.5. The molecule has 1 aliphatic rings. The number of piperidine rings is 1. The minimum Gasteiger partial charge on any atom is -0.394 e. The number of halogens is 2. The summed E-state index contributed by atoms with van der Waals surface area (Å²) in [7, 11) is 0.